The molecule has 6 nitrogen and oxygen atoms in total. The number of carbonyl (C=O) groups is 1. The van der Waals surface area contributed by atoms with Gasteiger partial charge in [-0.2, -0.15) is 4.31 Å². The number of sulfonamides is 1. The van der Waals surface area contributed by atoms with Crippen LogP contribution in [-0.4, -0.2) is 38.8 Å². The number of nitrogens with one attached hydrogen (secondary N) is 1. The zero-order chi connectivity index (χ0) is 20.0. The lowest BCUT2D eigenvalue weighted by Gasteiger charge is -2.19. The van der Waals surface area contributed by atoms with Crippen molar-refractivity contribution < 1.29 is 22.3 Å². The maximum absolute atomic E-state index is 14.1. The normalized spacial score (nSPS) is 11.4. The molecule has 0 bridgehead atoms. The van der Waals surface area contributed by atoms with Gasteiger partial charge in [-0.3, -0.25) is 4.79 Å². The van der Waals surface area contributed by atoms with E-state index in [1.165, 1.54) is 6.07 Å². The van der Waals surface area contributed by atoms with Gasteiger partial charge in [0, 0.05) is 25.2 Å². The van der Waals surface area contributed by atoms with Crippen LogP contribution in [0.1, 0.15) is 29.8 Å². The minimum Gasteiger partial charge on any atom is -0.497 e. The van der Waals surface area contributed by atoms with Gasteiger partial charge < -0.3 is 10.1 Å². The van der Waals surface area contributed by atoms with Crippen LogP contribution in [0.3, 0.4) is 0 Å². The fraction of sp³-hybridized carbons (Fsp3) is 0.316. The zero-order valence-corrected chi connectivity index (χ0v) is 16.3. The Kier molecular flexibility index (Phi) is 6.92. The van der Waals surface area contributed by atoms with E-state index in [1.807, 2.05) is 0 Å². The zero-order valence-electron chi connectivity index (χ0n) is 15.5. The predicted octanol–water partition coefficient (Wildman–Crippen LogP) is 2.79. The second kappa shape index (κ2) is 8.96. The number of hydrogen-bond acceptors (Lipinski definition) is 4. The minimum atomic E-state index is -4.00. The summed E-state index contributed by atoms with van der Waals surface area (Å²) < 4.78 is 45.5. The average molecular weight is 394 g/mol. The number of benzene rings is 2. The van der Waals surface area contributed by atoms with Gasteiger partial charge in [-0.25, -0.2) is 12.8 Å². The molecule has 2 rings (SSSR count). The molecular formula is C19H23FN2O4S. The number of amides is 1. The van der Waals surface area contributed by atoms with Crippen molar-refractivity contribution in [2.45, 2.75) is 25.3 Å². The molecule has 1 amide bonds. The number of hydrogen-bond donors (Lipinski definition) is 1. The van der Waals surface area contributed by atoms with Gasteiger partial charge in [-0.05, 0) is 35.9 Å². The Labute approximate surface area is 159 Å². The van der Waals surface area contributed by atoms with Crippen LogP contribution < -0.4 is 10.1 Å². The highest BCUT2D eigenvalue weighted by Gasteiger charge is 2.26. The lowest BCUT2D eigenvalue weighted by Crippen LogP contribution is -2.31. The van der Waals surface area contributed by atoms with Crippen molar-refractivity contribution in [2.75, 3.05) is 20.2 Å². The molecule has 27 heavy (non-hydrogen) atoms. The van der Waals surface area contributed by atoms with Gasteiger partial charge in [0.15, 0.2) is 0 Å². The van der Waals surface area contributed by atoms with Crippen molar-refractivity contribution in [3.63, 3.8) is 0 Å². The maximum atomic E-state index is 14.1. The van der Waals surface area contributed by atoms with E-state index < -0.39 is 26.6 Å². The standard InChI is InChI=1S/C19H23FN2O4S/c1-4-22(5-2)27(24,25)18-12-15(8-11-17(18)20)19(23)21-13-14-6-9-16(26-3)10-7-14/h6-12H,4-5,13H2,1-3H3,(H,21,23). The topological polar surface area (TPSA) is 75.7 Å². The van der Waals surface area contributed by atoms with Crippen molar-refractivity contribution in [2.24, 2.45) is 0 Å². The molecule has 2 aromatic rings. The lowest BCUT2D eigenvalue weighted by molar-refractivity contribution is 0.0950. The third-order valence-corrected chi connectivity index (χ3v) is 6.19. The van der Waals surface area contributed by atoms with E-state index in [2.05, 4.69) is 5.32 Å². The summed E-state index contributed by atoms with van der Waals surface area (Å²) in [5.74, 6) is -0.662. The molecule has 0 aromatic heterocycles. The highest BCUT2D eigenvalue weighted by Crippen LogP contribution is 2.21. The molecule has 2 aromatic carbocycles. The second-order valence-corrected chi connectivity index (χ2v) is 7.67. The Morgan fingerprint density at radius 1 is 1.11 bits per heavy atom. The van der Waals surface area contributed by atoms with Crippen molar-refractivity contribution in [3.8, 4) is 5.75 Å². The average Bonchev–Trinajstić information content (AvgIpc) is 2.67. The Morgan fingerprint density at radius 3 is 2.30 bits per heavy atom. The molecule has 0 spiro atoms. The summed E-state index contributed by atoms with van der Waals surface area (Å²) in [6.45, 7) is 4.02. The Hall–Kier alpha value is -2.45. The van der Waals surface area contributed by atoms with E-state index in [-0.39, 0.29) is 25.2 Å². The molecule has 0 aliphatic heterocycles. The van der Waals surface area contributed by atoms with E-state index in [0.717, 1.165) is 22.0 Å². The smallest absolute Gasteiger partial charge is 0.251 e. The summed E-state index contributed by atoms with van der Waals surface area (Å²) in [7, 11) is -2.43. The fourth-order valence-corrected chi connectivity index (χ4v) is 4.12. The van der Waals surface area contributed by atoms with Crippen LogP contribution in [0.2, 0.25) is 0 Å². The summed E-state index contributed by atoms with van der Waals surface area (Å²) >= 11 is 0. The first-order chi connectivity index (χ1) is 12.8. The van der Waals surface area contributed by atoms with Crippen molar-refractivity contribution >= 4 is 15.9 Å². The second-order valence-electron chi connectivity index (χ2n) is 5.77. The summed E-state index contributed by atoms with van der Waals surface area (Å²) in [5.41, 5.74) is 0.929. The fourth-order valence-electron chi connectivity index (χ4n) is 2.57. The largest absolute Gasteiger partial charge is 0.497 e. The molecule has 0 saturated carbocycles. The molecule has 0 saturated heterocycles. The molecule has 146 valence electrons. The van der Waals surface area contributed by atoms with E-state index in [9.17, 15) is 17.6 Å². The van der Waals surface area contributed by atoms with Gasteiger partial charge >= 0.3 is 0 Å². The van der Waals surface area contributed by atoms with Crippen LogP contribution in [0, 0.1) is 5.82 Å². The van der Waals surface area contributed by atoms with E-state index in [0.29, 0.717) is 5.75 Å². The summed E-state index contributed by atoms with van der Waals surface area (Å²) in [5, 5.41) is 2.70. The minimum absolute atomic E-state index is 0.0793. The molecular weight excluding hydrogens is 371 g/mol. The molecule has 0 aliphatic rings. The van der Waals surface area contributed by atoms with Crippen LogP contribution >= 0.6 is 0 Å². The van der Waals surface area contributed by atoms with Crippen molar-refractivity contribution in [1.29, 1.82) is 0 Å². The summed E-state index contributed by atoms with van der Waals surface area (Å²) in [6.07, 6.45) is 0. The van der Waals surface area contributed by atoms with Gasteiger partial charge in [0.2, 0.25) is 10.0 Å². The van der Waals surface area contributed by atoms with Crippen molar-refractivity contribution in [1.82, 2.24) is 9.62 Å². The molecule has 0 fully saturated rings. The number of methoxy groups -OCH3 is 1. The molecule has 0 unspecified atom stereocenters. The lowest BCUT2D eigenvalue weighted by atomic mass is 10.2. The SMILES string of the molecule is CCN(CC)S(=O)(=O)c1cc(C(=O)NCc2ccc(OC)cc2)ccc1F. The first kappa shape index (κ1) is 20.9. The van der Waals surface area contributed by atoms with E-state index in [1.54, 1.807) is 45.2 Å². The van der Waals surface area contributed by atoms with Crippen LogP contribution in [0.25, 0.3) is 0 Å². The van der Waals surface area contributed by atoms with E-state index >= 15 is 0 Å². The number of halogens is 1. The third-order valence-electron chi connectivity index (χ3n) is 4.13. The molecule has 0 heterocycles. The van der Waals surface area contributed by atoms with Gasteiger partial charge in [0.1, 0.15) is 16.5 Å². The van der Waals surface area contributed by atoms with Crippen molar-refractivity contribution in [3.05, 3.63) is 59.4 Å². The number of ether oxygens (including phenoxy) is 1. The van der Waals surface area contributed by atoms with Gasteiger partial charge in [0.25, 0.3) is 5.91 Å². The van der Waals surface area contributed by atoms with Crippen LogP contribution in [0.15, 0.2) is 47.4 Å². The molecule has 1 N–H and O–H groups in total. The van der Waals surface area contributed by atoms with Crippen LogP contribution in [0.5, 0.6) is 5.75 Å². The first-order valence-corrected chi connectivity index (χ1v) is 9.98. The van der Waals surface area contributed by atoms with Gasteiger partial charge in [-0.1, -0.05) is 26.0 Å². The number of carbonyl (C=O) groups excluding carboxylic acids is 1. The summed E-state index contributed by atoms with van der Waals surface area (Å²) in [6, 6.07) is 10.5. The van der Waals surface area contributed by atoms with Crippen LogP contribution in [-0.2, 0) is 16.6 Å². The van der Waals surface area contributed by atoms with Crippen LogP contribution in [0.4, 0.5) is 4.39 Å². The van der Waals surface area contributed by atoms with Gasteiger partial charge in [0.05, 0.1) is 7.11 Å². The maximum Gasteiger partial charge on any atom is 0.251 e. The predicted molar refractivity (Wildman–Crippen MR) is 101 cm³/mol. The first-order valence-electron chi connectivity index (χ1n) is 8.54. The molecule has 0 aliphatic carbocycles. The molecule has 0 atom stereocenters. The van der Waals surface area contributed by atoms with E-state index in [4.69, 9.17) is 4.74 Å². The number of nitrogens with zero attached hydrogens (tertiary/aromatic N) is 1. The molecule has 0 radical (unpaired) electrons. The monoisotopic (exact) mass is 394 g/mol. The Bertz CT molecular complexity index is 894. The Balaban J connectivity index is 2.19. The summed E-state index contributed by atoms with van der Waals surface area (Å²) in [4.78, 5) is 11.9. The van der Waals surface area contributed by atoms with Gasteiger partial charge in [-0.15, -0.1) is 0 Å². The highest BCUT2D eigenvalue weighted by molar-refractivity contribution is 7.89. The molecule has 8 heteroatoms. The number of rotatable bonds is 8. The highest BCUT2D eigenvalue weighted by atomic mass is 32.2. The third kappa shape index (κ3) is 4.84. The Morgan fingerprint density at radius 2 is 1.74 bits per heavy atom. The quantitative estimate of drug-likeness (QED) is 0.747.